The molecule has 134 valence electrons. The van der Waals surface area contributed by atoms with Crippen molar-refractivity contribution in [1.29, 1.82) is 0 Å². The van der Waals surface area contributed by atoms with Crippen LogP contribution in [0.5, 0.6) is 5.75 Å². The van der Waals surface area contributed by atoms with Gasteiger partial charge in [-0.25, -0.2) is 4.98 Å². The third-order valence-corrected chi connectivity index (χ3v) is 4.39. The number of aromatic amines is 1. The number of hydrogen-bond donors (Lipinski definition) is 3. The molecule has 7 nitrogen and oxygen atoms in total. The summed E-state index contributed by atoms with van der Waals surface area (Å²) in [5.41, 5.74) is 3.18. The van der Waals surface area contributed by atoms with Crippen LogP contribution in [0.4, 0.5) is 17.6 Å². The van der Waals surface area contributed by atoms with Crippen molar-refractivity contribution >= 4 is 17.6 Å². The Morgan fingerprint density at radius 2 is 2.00 bits per heavy atom. The number of aromatic nitrogens is 4. The van der Waals surface area contributed by atoms with E-state index in [0.717, 1.165) is 28.6 Å². The molecule has 0 radical (unpaired) electrons. The summed E-state index contributed by atoms with van der Waals surface area (Å²) in [5.74, 6) is 3.70. The average Bonchev–Trinajstić information content (AvgIpc) is 3.39. The monoisotopic (exact) mass is 351 g/mol. The fraction of sp³-hybridized carbons (Fsp3) is 0.316. The molecule has 1 saturated carbocycles. The quantitative estimate of drug-likeness (QED) is 0.566. The Morgan fingerprint density at radius 1 is 1.15 bits per heavy atom. The molecule has 1 fully saturated rings. The predicted molar refractivity (Wildman–Crippen MR) is 102 cm³/mol. The van der Waals surface area contributed by atoms with Gasteiger partial charge >= 0.3 is 0 Å². The molecule has 2 heterocycles. The second-order valence-corrected chi connectivity index (χ2v) is 6.53. The van der Waals surface area contributed by atoms with Crippen LogP contribution in [0, 0.1) is 6.92 Å². The van der Waals surface area contributed by atoms with E-state index in [1.165, 1.54) is 18.5 Å². The van der Waals surface area contributed by atoms with Gasteiger partial charge in [0.1, 0.15) is 5.82 Å². The van der Waals surface area contributed by atoms with E-state index >= 15 is 0 Å². The highest BCUT2D eigenvalue weighted by molar-refractivity contribution is 5.54. The summed E-state index contributed by atoms with van der Waals surface area (Å²) in [4.78, 5) is 9.02. The molecule has 1 aromatic carbocycles. The van der Waals surface area contributed by atoms with Crippen LogP contribution >= 0.6 is 0 Å². The lowest BCUT2D eigenvalue weighted by Crippen LogP contribution is -2.07. The standard InChI is InChI=1S/C19H22N6O/c1-12-9-17(22-18-10-15(24-25-18)13-7-8-13)23-19(21-12)20-11-14-5-3-4-6-16(14)26-2/h3-6,9-10,13H,7-8,11H2,1-2H3,(H3,20,21,22,23,24,25)/p+1. The van der Waals surface area contributed by atoms with Crippen molar-refractivity contribution in [3.8, 4) is 5.75 Å². The summed E-state index contributed by atoms with van der Waals surface area (Å²) < 4.78 is 4.29. The zero-order valence-corrected chi connectivity index (χ0v) is 15.0. The molecule has 0 spiro atoms. The minimum atomic E-state index is 0.580. The van der Waals surface area contributed by atoms with E-state index in [1.807, 2.05) is 37.3 Å². The third kappa shape index (κ3) is 3.77. The molecule has 0 bridgehead atoms. The van der Waals surface area contributed by atoms with Gasteiger partial charge in [0.25, 0.3) is 5.75 Å². The zero-order valence-electron chi connectivity index (χ0n) is 15.0. The number of ether oxygens (including phenoxy) is 1. The Morgan fingerprint density at radius 3 is 2.81 bits per heavy atom. The number of aryl methyl sites for hydroxylation is 1. The Kier molecular flexibility index (Phi) is 4.43. The minimum Gasteiger partial charge on any atom is -0.584 e. The van der Waals surface area contributed by atoms with E-state index < -0.39 is 0 Å². The number of anilines is 3. The van der Waals surface area contributed by atoms with Gasteiger partial charge in [-0.2, -0.15) is 10.1 Å². The van der Waals surface area contributed by atoms with Crippen molar-refractivity contribution in [2.24, 2.45) is 0 Å². The van der Waals surface area contributed by atoms with Gasteiger partial charge in [0.2, 0.25) is 5.95 Å². The third-order valence-electron chi connectivity index (χ3n) is 4.39. The summed E-state index contributed by atoms with van der Waals surface area (Å²) in [6, 6.07) is 12.0. The lowest BCUT2D eigenvalue weighted by Gasteiger charge is -2.09. The smallest absolute Gasteiger partial charge is 0.259 e. The minimum absolute atomic E-state index is 0.580. The molecule has 26 heavy (non-hydrogen) atoms. The van der Waals surface area contributed by atoms with E-state index in [1.54, 1.807) is 7.11 Å². The summed E-state index contributed by atoms with van der Waals surface area (Å²) in [5, 5.41) is 14.0. The Balaban J connectivity index is 1.46. The second kappa shape index (κ2) is 7.03. The van der Waals surface area contributed by atoms with E-state index in [-0.39, 0.29) is 0 Å². The Labute approximate surface area is 152 Å². The number of benzene rings is 1. The largest absolute Gasteiger partial charge is 0.584 e. The first-order chi connectivity index (χ1) is 12.7. The molecule has 1 aliphatic carbocycles. The predicted octanol–water partition coefficient (Wildman–Crippen LogP) is 3.61. The maximum absolute atomic E-state index is 4.55. The number of aromatic hydroxyl groups is 1. The fourth-order valence-electron chi connectivity index (χ4n) is 2.90. The number of H-pyrrole nitrogens is 1. The number of rotatable bonds is 7. The first-order valence-corrected chi connectivity index (χ1v) is 8.81. The summed E-state index contributed by atoms with van der Waals surface area (Å²) >= 11 is 0. The first kappa shape index (κ1) is 16.4. The number of para-hydroxylation sites is 1. The van der Waals surface area contributed by atoms with Crippen molar-refractivity contribution in [3.63, 3.8) is 0 Å². The van der Waals surface area contributed by atoms with Crippen LogP contribution in [0.3, 0.4) is 0 Å². The summed E-state index contributed by atoms with van der Waals surface area (Å²) in [7, 11) is 1.80. The lowest BCUT2D eigenvalue weighted by atomic mass is 10.2. The second-order valence-electron chi connectivity index (χ2n) is 6.53. The van der Waals surface area contributed by atoms with Gasteiger partial charge < -0.3 is 15.4 Å². The molecule has 0 saturated heterocycles. The average molecular weight is 351 g/mol. The van der Waals surface area contributed by atoms with Gasteiger partial charge in [-0.05, 0) is 25.8 Å². The molecule has 3 aromatic rings. The van der Waals surface area contributed by atoms with Gasteiger partial charge in [-0.3, -0.25) is 5.10 Å². The molecule has 4 rings (SSSR count). The van der Waals surface area contributed by atoms with Crippen LogP contribution in [0.15, 0.2) is 36.4 Å². The molecular weight excluding hydrogens is 328 g/mol. The maximum Gasteiger partial charge on any atom is 0.259 e. The lowest BCUT2D eigenvalue weighted by molar-refractivity contribution is 0.134. The van der Waals surface area contributed by atoms with Crippen LogP contribution < -0.4 is 10.6 Å². The number of aliphatic hydroxyl groups is 1. The van der Waals surface area contributed by atoms with Crippen LogP contribution in [0.25, 0.3) is 0 Å². The highest BCUT2D eigenvalue weighted by Gasteiger charge is 2.25. The molecule has 4 N–H and O–H groups in total. The van der Waals surface area contributed by atoms with Crippen LogP contribution in [0.2, 0.25) is 0 Å². The van der Waals surface area contributed by atoms with Gasteiger partial charge in [-0.15, -0.1) is 0 Å². The number of nitrogens with one attached hydrogen (secondary N) is 3. The molecular formula is C19H23N6O+. The molecule has 0 amide bonds. The van der Waals surface area contributed by atoms with E-state index in [2.05, 4.69) is 41.6 Å². The molecule has 0 unspecified atom stereocenters. The highest BCUT2D eigenvalue weighted by Crippen LogP contribution is 2.39. The highest BCUT2D eigenvalue weighted by atomic mass is 16.5. The Bertz CT molecular complexity index is 903. The van der Waals surface area contributed by atoms with Crippen LogP contribution in [-0.4, -0.2) is 32.0 Å². The molecule has 0 atom stereocenters. The van der Waals surface area contributed by atoms with Crippen molar-refractivity contribution in [1.82, 2.24) is 20.2 Å². The van der Waals surface area contributed by atoms with Crippen molar-refractivity contribution in [2.75, 3.05) is 17.7 Å². The van der Waals surface area contributed by atoms with Crippen molar-refractivity contribution in [3.05, 3.63) is 53.3 Å². The van der Waals surface area contributed by atoms with Crippen molar-refractivity contribution < 1.29 is 4.74 Å². The van der Waals surface area contributed by atoms with Gasteiger partial charge in [0, 0.05) is 35.5 Å². The molecule has 0 aliphatic heterocycles. The molecule has 2 aromatic heterocycles. The van der Waals surface area contributed by atoms with Crippen LogP contribution in [-0.2, 0) is 6.54 Å². The first-order valence-electron chi connectivity index (χ1n) is 8.81. The van der Waals surface area contributed by atoms with E-state index in [9.17, 15) is 0 Å². The summed E-state index contributed by atoms with van der Waals surface area (Å²) in [6.45, 7) is 2.57. The maximum atomic E-state index is 4.55. The van der Waals surface area contributed by atoms with E-state index in [4.69, 9.17) is 0 Å². The van der Waals surface area contributed by atoms with Gasteiger partial charge in [0.05, 0.1) is 12.1 Å². The van der Waals surface area contributed by atoms with Crippen LogP contribution in [0.1, 0.15) is 35.7 Å². The van der Waals surface area contributed by atoms with Gasteiger partial charge in [-0.1, -0.05) is 12.1 Å². The number of nitrogens with zero attached hydrogens (tertiary/aromatic N) is 3. The Hall–Kier alpha value is -3.09. The fourth-order valence-corrected chi connectivity index (χ4v) is 2.90. The van der Waals surface area contributed by atoms with E-state index in [0.29, 0.717) is 18.4 Å². The summed E-state index contributed by atoms with van der Waals surface area (Å²) in [6.07, 6.45) is 2.49. The topological polar surface area (TPSA) is 91.3 Å². The van der Waals surface area contributed by atoms with Gasteiger partial charge in [0.15, 0.2) is 12.9 Å². The number of hydrogen-bond acceptors (Lipinski definition) is 5. The molecule has 7 heteroatoms. The van der Waals surface area contributed by atoms with Crippen molar-refractivity contribution in [2.45, 2.75) is 32.2 Å². The SMILES string of the molecule is C[OH+]c1ccccc1CNc1nc(C)cc(Nc2cc(C3CC3)[nH]n2)n1. The normalized spacial score (nSPS) is 13.5. The molecule has 1 aliphatic rings. The zero-order chi connectivity index (χ0) is 17.9.